The van der Waals surface area contributed by atoms with Gasteiger partial charge in [-0.15, -0.1) is 0 Å². The Kier molecular flexibility index (Phi) is 4.52. The van der Waals surface area contributed by atoms with Gasteiger partial charge >= 0.3 is 0 Å². The van der Waals surface area contributed by atoms with Crippen molar-refractivity contribution >= 4 is 20.9 Å². The molecule has 3 aromatic rings. The Labute approximate surface area is 152 Å². The fraction of sp³-hybridized carbons (Fsp3) is 0.500. The quantitative estimate of drug-likeness (QED) is 0.671. The number of aromatic amines is 1. The Hall–Kier alpha value is -2.22. The van der Waals surface area contributed by atoms with Gasteiger partial charge in [-0.05, 0) is 31.0 Å². The van der Waals surface area contributed by atoms with E-state index >= 15 is 0 Å². The van der Waals surface area contributed by atoms with Crippen LogP contribution in [-0.2, 0) is 16.3 Å². The van der Waals surface area contributed by atoms with Crippen molar-refractivity contribution in [3.05, 3.63) is 30.2 Å². The van der Waals surface area contributed by atoms with Crippen molar-refractivity contribution in [2.24, 2.45) is 0 Å². The molecule has 1 saturated heterocycles. The molecule has 0 amide bonds. The molecule has 0 saturated carbocycles. The van der Waals surface area contributed by atoms with Gasteiger partial charge in [0.15, 0.2) is 21.5 Å². The lowest BCUT2D eigenvalue weighted by molar-refractivity contribution is 0.498. The highest BCUT2D eigenvalue weighted by Crippen LogP contribution is 2.28. The lowest BCUT2D eigenvalue weighted by atomic mass is 10.2. The van der Waals surface area contributed by atoms with E-state index in [-0.39, 0.29) is 17.5 Å². The van der Waals surface area contributed by atoms with Gasteiger partial charge in [-0.3, -0.25) is 0 Å². The van der Waals surface area contributed by atoms with E-state index in [4.69, 9.17) is 4.98 Å². The maximum Gasteiger partial charge on any atom is 0.177 e. The van der Waals surface area contributed by atoms with Crippen LogP contribution in [0.25, 0.3) is 22.6 Å². The number of aryl methyl sites for hydroxylation is 1. The Morgan fingerprint density at radius 2 is 2.12 bits per heavy atom. The summed E-state index contributed by atoms with van der Waals surface area (Å²) in [7, 11) is -3.00. The van der Waals surface area contributed by atoms with Crippen molar-refractivity contribution in [3.8, 4) is 11.5 Å². The number of rotatable bonds is 6. The summed E-state index contributed by atoms with van der Waals surface area (Å²) < 4.78 is 25.7. The zero-order valence-electron chi connectivity index (χ0n) is 14.9. The van der Waals surface area contributed by atoms with Crippen LogP contribution in [0.15, 0.2) is 24.4 Å². The van der Waals surface area contributed by atoms with E-state index in [1.165, 1.54) is 0 Å². The van der Waals surface area contributed by atoms with Gasteiger partial charge in [0.2, 0.25) is 0 Å². The molecule has 4 rings (SSSR count). The number of hydrogen-bond donors (Lipinski definition) is 1. The minimum atomic E-state index is -3.00. The lowest BCUT2D eigenvalue weighted by Crippen LogP contribution is -2.14. The Morgan fingerprint density at radius 1 is 1.23 bits per heavy atom. The summed E-state index contributed by atoms with van der Waals surface area (Å²) in [6, 6.07) is 5.73. The molecule has 0 spiro atoms. The molecule has 1 unspecified atom stereocenters. The van der Waals surface area contributed by atoms with Crippen molar-refractivity contribution < 1.29 is 8.42 Å². The summed E-state index contributed by atoms with van der Waals surface area (Å²) in [6.45, 7) is 2.16. The summed E-state index contributed by atoms with van der Waals surface area (Å²) in [5.41, 5.74) is 1.52. The SMILES string of the molecule is CCCCCc1nc(-c2ccc3cc[nH]c3n2)n(C2CCS(=O)(=O)C2)n1. The van der Waals surface area contributed by atoms with Gasteiger partial charge in [0.05, 0.1) is 17.5 Å². The zero-order valence-corrected chi connectivity index (χ0v) is 15.7. The largest absolute Gasteiger partial charge is 0.346 e. The van der Waals surface area contributed by atoms with E-state index in [0.29, 0.717) is 12.2 Å². The van der Waals surface area contributed by atoms with Gasteiger partial charge in [-0.2, -0.15) is 5.10 Å². The number of nitrogens with one attached hydrogen (secondary N) is 1. The van der Waals surface area contributed by atoms with E-state index < -0.39 is 9.84 Å². The molecule has 26 heavy (non-hydrogen) atoms. The minimum Gasteiger partial charge on any atom is -0.346 e. The zero-order chi connectivity index (χ0) is 18.1. The van der Waals surface area contributed by atoms with Crippen molar-refractivity contribution in [2.75, 3.05) is 11.5 Å². The molecule has 1 atom stereocenters. The third-order valence-corrected chi connectivity index (χ3v) is 6.62. The van der Waals surface area contributed by atoms with Crippen LogP contribution in [0.5, 0.6) is 0 Å². The molecule has 1 fully saturated rings. The highest BCUT2D eigenvalue weighted by Gasteiger charge is 2.32. The van der Waals surface area contributed by atoms with Crippen molar-refractivity contribution in [3.63, 3.8) is 0 Å². The van der Waals surface area contributed by atoms with Crippen LogP contribution in [0.3, 0.4) is 0 Å². The normalized spacial score (nSPS) is 19.3. The third-order valence-electron chi connectivity index (χ3n) is 4.87. The van der Waals surface area contributed by atoms with E-state index in [0.717, 1.165) is 48.2 Å². The molecule has 4 heterocycles. The van der Waals surface area contributed by atoms with Gasteiger partial charge in [-0.25, -0.2) is 23.1 Å². The molecule has 0 aromatic carbocycles. The second kappa shape index (κ2) is 6.83. The maximum atomic E-state index is 11.9. The number of hydrogen-bond acceptors (Lipinski definition) is 5. The van der Waals surface area contributed by atoms with E-state index in [9.17, 15) is 8.42 Å². The molecular weight excluding hydrogens is 350 g/mol. The minimum absolute atomic E-state index is 0.127. The molecule has 1 aliphatic rings. The van der Waals surface area contributed by atoms with Gasteiger partial charge in [0.25, 0.3) is 0 Å². The van der Waals surface area contributed by atoms with Crippen molar-refractivity contribution in [1.29, 1.82) is 0 Å². The average Bonchev–Trinajstić information content (AvgIpc) is 3.32. The third kappa shape index (κ3) is 3.38. The number of aromatic nitrogens is 5. The molecule has 0 radical (unpaired) electrons. The van der Waals surface area contributed by atoms with Crippen molar-refractivity contribution in [2.45, 2.75) is 45.1 Å². The van der Waals surface area contributed by atoms with E-state index in [1.54, 1.807) is 4.68 Å². The summed E-state index contributed by atoms with van der Waals surface area (Å²) >= 11 is 0. The van der Waals surface area contributed by atoms with Crippen LogP contribution in [0.1, 0.15) is 44.5 Å². The number of sulfone groups is 1. The first-order valence-corrected chi connectivity index (χ1v) is 11.0. The Bertz CT molecular complexity index is 1020. The highest BCUT2D eigenvalue weighted by atomic mass is 32.2. The summed E-state index contributed by atoms with van der Waals surface area (Å²) in [6.07, 6.45) is 6.54. The van der Waals surface area contributed by atoms with Gasteiger partial charge in [0, 0.05) is 18.0 Å². The summed E-state index contributed by atoms with van der Waals surface area (Å²) in [5, 5.41) is 5.70. The molecule has 1 aliphatic heterocycles. The number of nitrogens with zero attached hydrogens (tertiary/aromatic N) is 4. The first-order valence-electron chi connectivity index (χ1n) is 9.16. The fourth-order valence-electron chi connectivity index (χ4n) is 3.46. The number of fused-ring (bicyclic) bond motifs is 1. The van der Waals surface area contributed by atoms with Crippen LogP contribution < -0.4 is 0 Å². The monoisotopic (exact) mass is 373 g/mol. The number of pyridine rings is 1. The van der Waals surface area contributed by atoms with Crippen LogP contribution >= 0.6 is 0 Å². The van der Waals surface area contributed by atoms with Crippen LogP contribution in [0.4, 0.5) is 0 Å². The van der Waals surface area contributed by atoms with Crippen LogP contribution in [0.2, 0.25) is 0 Å². The predicted molar refractivity (Wildman–Crippen MR) is 101 cm³/mol. The summed E-state index contributed by atoms with van der Waals surface area (Å²) in [4.78, 5) is 12.5. The molecule has 7 nitrogen and oxygen atoms in total. The first-order chi connectivity index (χ1) is 12.6. The fourth-order valence-corrected chi connectivity index (χ4v) is 5.15. The van der Waals surface area contributed by atoms with Gasteiger partial charge in [0.1, 0.15) is 11.3 Å². The van der Waals surface area contributed by atoms with Crippen LogP contribution in [-0.4, -0.2) is 44.7 Å². The lowest BCUT2D eigenvalue weighted by Gasteiger charge is -2.11. The summed E-state index contributed by atoms with van der Waals surface area (Å²) in [5.74, 6) is 1.77. The first kappa shape index (κ1) is 17.2. The molecule has 1 N–H and O–H groups in total. The molecule has 138 valence electrons. The molecule has 0 aliphatic carbocycles. The van der Waals surface area contributed by atoms with Crippen LogP contribution in [0, 0.1) is 0 Å². The predicted octanol–water partition coefficient (Wildman–Crippen LogP) is 2.91. The maximum absolute atomic E-state index is 11.9. The average molecular weight is 373 g/mol. The second-order valence-electron chi connectivity index (χ2n) is 6.92. The highest BCUT2D eigenvalue weighted by molar-refractivity contribution is 7.91. The topological polar surface area (TPSA) is 93.5 Å². The molecule has 0 bridgehead atoms. The van der Waals surface area contributed by atoms with E-state index in [2.05, 4.69) is 22.0 Å². The van der Waals surface area contributed by atoms with Gasteiger partial charge in [-0.1, -0.05) is 19.8 Å². The standard InChI is InChI=1S/C18H23N5O2S/c1-2-3-4-5-16-21-18(15-7-6-13-8-10-19-17(13)20-15)23(22-16)14-9-11-26(24,25)12-14/h6-8,10,14H,2-5,9,11-12H2,1H3,(H,19,20). The molecule has 3 aromatic heterocycles. The molecule has 8 heteroatoms. The molecular formula is C18H23N5O2S. The van der Waals surface area contributed by atoms with Gasteiger partial charge < -0.3 is 4.98 Å². The smallest absolute Gasteiger partial charge is 0.177 e. The Balaban J connectivity index is 1.73. The van der Waals surface area contributed by atoms with Crippen molar-refractivity contribution in [1.82, 2.24) is 24.7 Å². The second-order valence-corrected chi connectivity index (χ2v) is 9.15. The van der Waals surface area contributed by atoms with E-state index in [1.807, 2.05) is 24.4 Å². The Morgan fingerprint density at radius 3 is 2.88 bits per heavy atom. The number of unbranched alkanes of at least 4 members (excludes halogenated alkanes) is 2. The number of H-pyrrole nitrogens is 1.